The number of allylic oxidation sites excluding steroid dienone is 1. The van der Waals surface area contributed by atoms with Crippen LogP contribution in [0, 0.1) is 13.0 Å². The van der Waals surface area contributed by atoms with E-state index in [1.165, 1.54) is 31.2 Å². The SMILES string of the molecule is Cc1nc(Nc2cc(S(=O)(=O)[O-])cc3c2C(=O)C(=NNc2ccccc2C(=O)[O-])[C-]=C3)nc(=O)[nH]1.O=S(=O)=O.[Na+].[Na+].[Na+]. The Morgan fingerprint density at radius 1 is 1.05 bits per heavy atom. The van der Waals surface area contributed by atoms with E-state index in [0.29, 0.717) is 0 Å². The molecule has 0 aliphatic heterocycles. The van der Waals surface area contributed by atoms with E-state index in [-0.39, 0.29) is 134 Å². The van der Waals surface area contributed by atoms with Gasteiger partial charge in [-0.1, -0.05) is 29.8 Å². The summed E-state index contributed by atoms with van der Waals surface area (Å²) in [5.74, 6) is -2.27. The number of anilines is 3. The Labute approximate surface area is 305 Å². The Morgan fingerprint density at radius 3 is 2.24 bits per heavy atom. The molecule has 0 spiro atoms. The van der Waals surface area contributed by atoms with Gasteiger partial charge in [0.05, 0.1) is 11.7 Å². The molecule has 0 saturated carbocycles. The minimum Gasteiger partial charge on any atom is -0.744 e. The molecule has 1 heterocycles. The van der Waals surface area contributed by atoms with Gasteiger partial charge in [-0.05, 0) is 19.1 Å². The number of fused-ring (bicyclic) bond motifs is 1. The molecule has 4 rings (SSSR count). The zero-order chi connectivity index (χ0) is 28.9. The van der Waals surface area contributed by atoms with Gasteiger partial charge < -0.3 is 24.6 Å². The number of hydrogen-bond donors (Lipinski definition) is 3. The molecule has 202 valence electrons. The van der Waals surface area contributed by atoms with E-state index < -0.39 is 43.1 Å². The number of aromatic amines is 1. The number of nitrogens with zero attached hydrogens (tertiary/aromatic N) is 3. The fourth-order valence-corrected chi connectivity index (χ4v) is 3.74. The quantitative estimate of drug-likeness (QED) is 0.0976. The number of para-hydroxylation sites is 1. The summed E-state index contributed by atoms with van der Waals surface area (Å²) in [5, 5.41) is 17.8. The third kappa shape index (κ3) is 10.9. The molecule has 0 bridgehead atoms. The van der Waals surface area contributed by atoms with Gasteiger partial charge in [0.25, 0.3) is 0 Å². The number of rotatable bonds is 6. The number of aryl methyl sites for hydroxylation is 1. The topological polar surface area (TPSA) is 261 Å². The molecule has 0 atom stereocenters. The largest absolute Gasteiger partial charge is 1.00 e. The minimum atomic E-state index is -4.92. The number of benzene rings is 2. The summed E-state index contributed by atoms with van der Waals surface area (Å²) in [4.78, 5) is 45.4. The Morgan fingerprint density at radius 2 is 1.67 bits per heavy atom. The Kier molecular flexibility index (Phi) is 16.4. The average Bonchev–Trinajstić information content (AvgIpc) is 2.82. The summed E-state index contributed by atoms with van der Waals surface area (Å²) in [6.07, 6.45) is 3.80. The van der Waals surface area contributed by atoms with E-state index in [9.17, 15) is 32.5 Å². The molecular formula is C21H13N6Na3O10S2. The molecule has 42 heavy (non-hydrogen) atoms. The van der Waals surface area contributed by atoms with Crippen LogP contribution in [0.25, 0.3) is 6.08 Å². The second kappa shape index (κ2) is 17.3. The van der Waals surface area contributed by atoms with Gasteiger partial charge in [-0.3, -0.25) is 10.4 Å². The van der Waals surface area contributed by atoms with Crippen molar-refractivity contribution in [3.05, 3.63) is 75.5 Å². The van der Waals surface area contributed by atoms with Gasteiger partial charge in [0.2, 0.25) is 5.95 Å². The van der Waals surface area contributed by atoms with E-state index in [4.69, 9.17) is 12.6 Å². The van der Waals surface area contributed by atoms with Crippen LogP contribution in [0.5, 0.6) is 0 Å². The molecule has 16 nitrogen and oxygen atoms in total. The second-order valence-electron chi connectivity index (χ2n) is 7.30. The van der Waals surface area contributed by atoms with Crippen molar-refractivity contribution in [3.8, 4) is 0 Å². The molecule has 0 amide bonds. The van der Waals surface area contributed by atoms with Crippen LogP contribution in [0.1, 0.15) is 32.1 Å². The van der Waals surface area contributed by atoms with Crippen LogP contribution in [0.15, 0.2) is 51.2 Å². The van der Waals surface area contributed by atoms with Crippen molar-refractivity contribution < 1.29 is 129 Å². The minimum absolute atomic E-state index is 0. The zero-order valence-electron chi connectivity index (χ0n) is 22.3. The van der Waals surface area contributed by atoms with E-state index in [2.05, 4.69) is 36.9 Å². The van der Waals surface area contributed by atoms with Gasteiger partial charge in [-0.2, -0.15) is 27.2 Å². The molecule has 3 N–H and O–H groups in total. The number of carbonyl (C=O) groups excluding carboxylic acids is 2. The fraction of sp³-hybridized carbons (Fsp3) is 0.0476. The number of carboxylic acid groups (broad SMARTS) is 1. The predicted molar refractivity (Wildman–Crippen MR) is 129 cm³/mol. The Hall–Kier alpha value is -2.07. The average molecular weight is 642 g/mol. The molecular weight excluding hydrogens is 629 g/mol. The van der Waals surface area contributed by atoms with Crippen molar-refractivity contribution in [2.45, 2.75) is 11.8 Å². The monoisotopic (exact) mass is 642 g/mol. The van der Waals surface area contributed by atoms with Gasteiger partial charge in [-0.15, -0.1) is 18.2 Å². The molecule has 3 aromatic rings. The summed E-state index contributed by atoms with van der Waals surface area (Å²) < 4.78 is 60.3. The Bertz CT molecular complexity index is 1840. The van der Waals surface area contributed by atoms with Crippen LogP contribution in [0.3, 0.4) is 0 Å². The molecule has 21 heteroatoms. The van der Waals surface area contributed by atoms with Crippen molar-refractivity contribution in [1.29, 1.82) is 0 Å². The van der Waals surface area contributed by atoms with Crippen LogP contribution in [-0.4, -0.2) is 58.0 Å². The standard InChI is InChI=1S/C21H15N6O7S.3Na.O3S/c1-10-22-20(25-21(31)23-10)24-16-9-12(35(32,33)34)8-11-6-7-15(18(28)17(11)16)27-26-14-5-3-2-4-13(14)19(29)30;;;;1-4(2)3/h2-6,8-9,26H,1H3,(H,29,30)(H,32,33,34)(H2,22,23,24,25,31);;;;/q-1;3*+1;/p-2. The van der Waals surface area contributed by atoms with Crippen molar-refractivity contribution >= 4 is 61.6 Å². The number of carbonyl (C=O) groups is 2. The smallest absolute Gasteiger partial charge is 0.744 e. The number of aromatic nitrogens is 3. The van der Waals surface area contributed by atoms with Gasteiger partial charge >= 0.3 is 105 Å². The van der Waals surface area contributed by atoms with Gasteiger partial charge in [0.1, 0.15) is 21.7 Å². The first-order chi connectivity index (χ1) is 18.3. The normalized spacial score (nSPS) is 12.2. The fourth-order valence-electron chi connectivity index (χ4n) is 3.20. The summed E-state index contributed by atoms with van der Waals surface area (Å²) in [6, 6.07) is 7.62. The maximum atomic E-state index is 13.2. The first-order valence-corrected chi connectivity index (χ1v) is 12.6. The number of nitrogens with one attached hydrogen (secondary N) is 3. The molecule has 1 aromatic heterocycles. The van der Waals surface area contributed by atoms with Crippen molar-refractivity contribution in [3.63, 3.8) is 0 Å². The van der Waals surface area contributed by atoms with Crippen molar-refractivity contribution in [2.24, 2.45) is 5.10 Å². The van der Waals surface area contributed by atoms with Crippen molar-refractivity contribution in [1.82, 2.24) is 15.0 Å². The van der Waals surface area contributed by atoms with Gasteiger partial charge in [0, 0.05) is 21.9 Å². The van der Waals surface area contributed by atoms with E-state index in [1.807, 2.05) is 0 Å². The first-order valence-electron chi connectivity index (χ1n) is 10.2. The van der Waals surface area contributed by atoms with Gasteiger partial charge in [-0.25, -0.2) is 13.2 Å². The molecule has 1 aliphatic carbocycles. The van der Waals surface area contributed by atoms with Crippen molar-refractivity contribution in [2.75, 3.05) is 10.7 Å². The maximum Gasteiger partial charge on any atom is 1.00 e. The summed E-state index contributed by atoms with van der Waals surface area (Å²) in [5.41, 5.74) is 1.05. The number of carboxylic acids is 1. The van der Waals surface area contributed by atoms with E-state index >= 15 is 0 Å². The number of H-pyrrole nitrogens is 1. The molecule has 1 aliphatic rings. The summed E-state index contributed by atoms with van der Waals surface area (Å²) in [6.45, 7) is 1.48. The van der Waals surface area contributed by atoms with Crippen LogP contribution in [0.4, 0.5) is 17.3 Å². The second-order valence-corrected chi connectivity index (χ2v) is 9.09. The summed E-state index contributed by atoms with van der Waals surface area (Å²) >= 11 is 0. The molecule has 2 aromatic carbocycles. The predicted octanol–water partition coefficient (Wildman–Crippen LogP) is -10.0. The molecule has 0 radical (unpaired) electrons. The van der Waals surface area contributed by atoms with E-state index in [1.54, 1.807) is 6.07 Å². The van der Waals surface area contributed by atoms with Crippen LogP contribution in [0.2, 0.25) is 0 Å². The number of hydrazone groups is 1. The third-order valence-corrected chi connectivity index (χ3v) is 5.50. The van der Waals surface area contributed by atoms with Gasteiger partial charge in [0.15, 0.2) is 0 Å². The molecule has 0 unspecified atom stereocenters. The molecule has 0 saturated heterocycles. The zero-order valence-corrected chi connectivity index (χ0v) is 29.9. The number of ketones is 1. The van der Waals surface area contributed by atoms with Crippen LogP contribution in [-0.2, 0) is 20.7 Å². The Balaban J connectivity index is 0.00000226. The number of Topliss-reactive ketones (excluding diaryl/α,β-unsaturated/α-hetero) is 1. The van der Waals surface area contributed by atoms with Crippen LogP contribution >= 0.6 is 0 Å². The maximum absolute atomic E-state index is 13.2. The number of aromatic carboxylic acids is 1. The van der Waals surface area contributed by atoms with E-state index in [0.717, 1.165) is 12.1 Å². The third-order valence-electron chi connectivity index (χ3n) is 4.69. The van der Waals surface area contributed by atoms with Crippen LogP contribution < -0.4 is 110 Å². The molecule has 0 fully saturated rings. The first kappa shape index (κ1) is 39.9. The number of hydrogen-bond acceptors (Lipinski definition) is 15. The summed E-state index contributed by atoms with van der Waals surface area (Å²) in [7, 11) is -8.03.